The van der Waals surface area contributed by atoms with Gasteiger partial charge >= 0.3 is 35.5 Å². The zero-order chi connectivity index (χ0) is 9.97. The molecule has 0 bridgehead atoms. The van der Waals surface area contributed by atoms with Crippen LogP contribution in [0, 0.1) is 0 Å². The van der Waals surface area contributed by atoms with Crippen molar-refractivity contribution in [2.24, 2.45) is 0 Å². The summed E-state index contributed by atoms with van der Waals surface area (Å²) in [7, 11) is 0. The Morgan fingerprint density at radius 2 is 1.75 bits per heavy atom. The van der Waals surface area contributed by atoms with E-state index in [0.717, 1.165) is 24.0 Å². The predicted octanol–water partition coefficient (Wildman–Crippen LogP) is -0.464. The summed E-state index contributed by atoms with van der Waals surface area (Å²) in [6.45, 7) is 0. The quantitative estimate of drug-likeness (QED) is 0.696. The van der Waals surface area contributed by atoms with Gasteiger partial charge in [0.25, 0.3) is 0 Å². The van der Waals surface area contributed by atoms with E-state index in [4.69, 9.17) is 5.11 Å². The van der Waals surface area contributed by atoms with Crippen molar-refractivity contribution in [1.82, 2.24) is 0 Å². The maximum Gasteiger partial charge on any atom is 1.00 e. The molecule has 2 N–H and O–H groups in total. The average Bonchev–Trinajstić information content (AvgIpc) is 2.67. The number of aliphatic carboxylic acids is 1. The van der Waals surface area contributed by atoms with Gasteiger partial charge in [-0.3, -0.25) is 0 Å². The van der Waals surface area contributed by atoms with Crippen LogP contribution in [0.15, 0.2) is 35.9 Å². The van der Waals surface area contributed by atoms with Gasteiger partial charge in [0.1, 0.15) is 0 Å². The normalized spacial score (nSPS) is 14.0. The average molecular weight is 228 g/mol. The Balaban J connectivity index is 0.00000112. The van der Waals surface area contributed by atoms with Crippen LogP contribution in [0.4, 0.5) is 0 Å². The Morgan fingerprint density at radius 1 is 1.12 bits per heavy atom. The van der Waals surface area contributed by atoms with E-state index in [1.807, 2.05) is 30.3 Å². The van der Waals surface area contributed by atoms with E-state index in [2.05, 4.69) is 0 Å². The molecule has 0 atom stereocenters. The fourth-order valence-corrected chi connectivity index (χ4v) is 1.94. The number of carboxylic acid groups (broad SMARTS) is 1. The predicted molar refractivity (Wildman–Crippen MR) is 56.8 cm³/mol. The van der Waals surface area contributed by atoms with Crippen molar-refractivity contribution in [3.05, 3.63) is 41.5 Å². The van der Waals surface area contributed by atoms with Gasteiger partial charge in [0.05, 0.1) is 0 Å². The van der Waals surface area contributed by atoms with Crippen LogP contribution >= 0.6 is 0 Å². The molecule has 80 valence electrons. The fourth-order valence-electron chi connectivity index (χ4n) is 1.94. The van der Waals surface area contributed by atoms with Crippen LogP contribution in [0.2, 0.25) is 0 Å². The third kappa shape index (κ3) is 3.19. The second-order valence-corrected chi connectivity index (χ2v) is 3.48. The Bertz CT molecular complexity index is 385. The third-order valence-corrected chi connectivity index (χ3v) is 2.60. The molecule has 0 radical (unpaired) electrons. The minimum atomic E-state index is -0.763. The third-order valence-electron chi connectivity index (χ3n) is 2.60. The molecule has 0 spiro atoms. The minimum Gasteiger partial charge on any atom is -0.870 e. The number of rotatable bonds is 2. The Morgan fingerprint density at radius 3 is 2.31 bits per heavy atom. The van der Waals surface area contributed by atoms with Crippen molar-refractivity contribution in [3.8, 4) is 0 Å². The molecular formula is C12H13NaO3. The first kappa shape index (κ1) is 15.4. The van der Waals surface area contributed by atoms with E-state index >= 15 is 0 Å². The van der Waals surface area contributed by atoms with Gasteiger partial charge in [0.2, 0.25) is 0 Å². The second-order valence-electron chi connectivity index (χ2n) is 3.48. The number of carbonyl (C=O) groups is 1. The first-order valence-electron chi connectivity index (χ1n) is 4.80. The van der Waals surface area contributed by atoms with Crippen LogP contribution < -0.4 is 29.6 Å². The minimum absolute atomic E-state index is 0. The van der Waals surface area contributed by atoms with E-state index < -0.39 is 5.97 Å². The van der Waals surface area contributed by atoms with Crippen molar-refractivity contribution >= 4 is 11.5 Å². The molecule has 1 aromatic carbocycles. The maximum absolute atomic E-state index is 10.9. The van der Waals surface area contributed by atoms with Crippen LogP contribution in [-0.4, -0.2) is 16.6 Å². The molecule has 4 heteroatoms. The molecule has 0 saturated carbocycles. The van der Waals surface area contributed by atoms with E-state index in [1.54, 1.807) is 0 Å². The SMILES string of the molecule is O=C(O)C1=C(c2ccccc2)CCC1.[Na+].[OH-]. The molecule has 0 aromatic heterocycles. The molecule has 0 aliphatic heterocycles. The van der Waals surface area contributed by atoms with Gasteiger partial charge in [0.15, 0.2) is 0 Å². The van der Waals surface area contributed by atoms with Gasteiger partial charge in [-0.05, 0) is 30.4 Å². The largest absolute Gasteiger partial charge is 1.00 e. The standard InChI is InChI=1S/C12H12O2.Na.H2O/c13-12(14)11-8-4-7-10(11)9-5-2-1-3-6-9;;/h1-3,5-6H,4,7-8H2,(H,13,14);;1H2/q;+1;/p-1. The molecule has 2 rings (SSSR count). The van der Waals surface area contributed by atoms with E-state index in [-0.39, 0.29) is 35.0 Å². The molecule has 0 heterocycles. The summed E-state index contributed by atoms with van der Waals surface area (Å²) in [5, 5.41) is 8.99. The number of benzene rings is 1. The van der Waals surface area contributed by atoms with Crippen molar-refractivity contribution in [3.63, 3.8) is 0 Å². The van der Waals surface area contributed by atoms with Gasteiger partial charge in [-0.2, -0.15) is 0 Å². The summed E-state index contributed by atoms with van der Waals surface area (Å²) in [6, 6.07) is 9.78. The summed E-state index contributed by atoms with van der Waals surface area (Å²) >= 11 is 0. The van der Waals surface area contributed by atoms with Crippen LogP contribution in [-0.2, 0) is 4.79 Å². The zero-order valence-electron chi connectivity index (χ0n) is 9.31. The number of hydrogen-bond acceptors (Lipinski definition) is 2. The fraction of sp³-hybridized carbons (Fsp3) is 0.250. The van der Waals surface area contributed by atoms with Crippen LogP contribution in [0.5, 0.6) is 0 Å². The Hall–Kier alpha value is -0.610. The van der Waals surface area contributed by atoms with E-state index in [1.165, 1.54) is 0 Å². The maximum atomic E-state index is 10.9. The molecule has 16 heavy (non-hydrogen) atoms. The van der Waals surface area contributed by atoms with Crippen molar-refractivity contribution in [2.45, 2.75) is 19.3 Å². The van der Waals surface area contributed by atoms with Gasteiger partial charge in [-0.25, -0.2) is 4.79 Å². The first-order chi connectivity index (χ1) is 6.79. The summed E-state index contributed by atoms with van der Waals surface area (Å²) in [6.07, 6.45) is 2.57. The first-order valence-corrected chi connectivity index (χ1v) is 4.80. The van der Waals surface area contributed by atoms with Crippen molar-refractivity contribution < 1.29 is 44.9 Å². The van der Waals surface area contributed by atoms with Crippen LogP contribution in [0.25, 0.3) is 5.57 Å². The van der Waals surface area contributed by atoms with Gasteiger partial charge in [0, 0.05) is 5.57 Å². The van der Waals surface area contributed by atoms with E-state index in [0.29, 0.717) is 12.0 Å². The molecule has 0 unspecified atom stereocenters. The van der Waals surface area contributed by atoms with Gasteiger partial charge in [-0.1, -0.05) is 30.3 Å². The molecule has 3 nitrogen and oxygen atoms in total. The van der Waals surface area contributed by atoms with Gasteiger partial charge < -0.3 is 10.6 Å². The van der Waals surface area contributed by atoms with Crippen molar-refractivity contribution in [2.75, 3.05) is 0 Å². The second kappa shape index (κ2) is 6.86. The molecule has 1 aliphatic carbocycles. The molecular weight excluding hydrogens is 215 g/mol. The summed E-state index contributed by atoms with van der Waals surface area (Å²) in [4.78, 5) is 10.9. The monoisotopic (exact) mass is 228 g/mol. The number of allylic oxidation sites excluding steroid dienone is 1. The Labute approximate surface area is 117 Å². The molecule has 1 aliphatic rings. The molecule has 1 aromatic rings. The van der Waals surface area contributed by atoms with Crippen LogP contribution in [0.1, 0.15) is 24.8 Å². The summed E-state index contributed by atoms with van der Waals surface area (Å²) < 4.78 is 0. The summed E-state index contributed by atoms with van der Waals surface area (Å²) in [5.41, 5.74) is 2.66. The molecule has 0 fully saturated rings. The molecule has 0 amide bonds. The molecule has 0 saturated heterocycles. The van der Waals surface area contributed by atoms with Crippen molar-refractivity contribution in [1.29, 1.82) is 0 Å². The topological polar surface area (TPSA) is 67.3 Å². The summed E-state index contributed by atoms with van der Waals surface area (Å²) in [5.74, 6) is -0.763. The number of hydrogen-bond donors (Lipinski definition) is 1. The zero-order valence-corrected chi connectivity index (χ0v) is 11.3. The smallest absolute Gasteiger partial charge is 0.870 e. The van der Waals surface area contributed by atoms with E-state index in [9.17, 15) is 4.79 Å². The van der Waals surface area contributed by atoms with Gasteiger partial charge in [-0.15, -0.1) is 0 Å². The number of carboxylic acids is 1. The van der Waals surface area contributed by atoms with Crippen LogP contribution in [0.3, 0.4) is 0 Å². The Kier molecular flexibility index (Phi) is 6.60.